The Hall–Kier alpha value is -2.49. The molecule has 1 N–H and O–H groups in total. The van der Waals surface area contributed by atoms with Crippen molar-refractivity contribution in [3.05, 3.63) is 35.4 Å². The SMILES string of the molecule is COC(=O)[C@H](C[C@@H](C)C#N)NC(=O)c1cc(F)cc(F)c1. The van der Waals surface area contributed by atoms with Crippen LogP contribution in [0.2, 0.25) is 0 Å². The summed E-state index contributed by atoms with van der Waals surface area (Å²) in [6.07, 6.45) is 0.0344. The van der Waals surface area contributed by atoms with Gasteiger partial charge in [-0.15, -0.1) is 0 Å². The van der Waals surface area contributed by atoms with Gasteiger partial charge in [-0.1, -0.05) is 0 Å². The van der Waals surface area contributed by atoms with E-state index in [0.29, 0.717) is 6.07 Å². The van der Waals surface area contributed by atoms with Gasteiger partial charge in [0.1, 0.15) is 17.7 Å². The maximum atomic E-state index is 13.1. The normalized spacial score (nSPS) is 12.9. The van der Waals surface area contributed by atoms with E-state index in [9.17, 15) is 18.4 Å². The van der Waals surface area contributed by atoms with Gasteiger partial charge in [-0.2, -0.15) is 5.26 Å². The molecule has 0 radical (unpaired) electrons. The van der Waals surface area contributed by atoms with E-state index in [0.717, 1.165) is 19.2 Å². The van der Waals surface area contributed by atoms with E-state index in [1.54, 1.807) is 6.92 Å². The third-order valence-electron chi connectivity index (χ3n) is 2.73. The number of nitrogens with one attached hydrogen (secondary N) is 1. The van der Waals surface area contributed by atoms with E-state index in [4.69, 9.17) is 5.26 Å². The summed E-state index contributed by atoms with van der Waals surface area (Å²) in [7, 11) is 1.14. The van der Waals surface area contributed by atoms with Gasteiger partial charge in [0.2, 0.25) is 0 Å². The summed E-state index contributed by atoms with van der Waals surface area (Å²) in [5.41, 5.74) is -0.258. The number of hydrogen-bond acceptors (Lipinski definition) is 4. The van der Waals surface area contributed by atoms with Crippen LogP contribution in [-0.2, 0) is 9.53 Å². The van der Waals surface area contributed by atoms with Crippen LogP contribution in [0, 0.1) is 28.9 Å². The van der Waals surface area contributed by atoms with Gasteiger partial charge >= 0.3 is 5.97 Å². The lowest BCUT2D eigenvalue weighted by Gasteiger charge is -2.17. The quantitative estimate of drug-likeness (QED) is 0.840. The Bertz CT molecular complexity index is 564. The summed E-state index contributed by atoms with van der Waals surface area (Å²) in [4.78, 5) is 23.5. The molecule has 0 aliphatic carbocycles. The Morgan fingerprint density at radius 1 is 1.33 bits per heavy atom. The van der Waals surface area contributed by atoms with Crippen molar-refractivity contribution in [2.45, 2.75) is 19.4 Å². The van der Waals surface area contributed by atoms with E-state index in [2.05, 4.69) is 10.1 Å². The molecular weight excluding hydrogens is 282 g/mol. The number of carbonyl (C=O) groups excluding carboxylic acids is 2. The standard InChI is InChI=1S/C14H14F2N2O3/c1-8(7-17)3-12(14(20)21-2)18-13(19)9-4-10(15)6-11(16)5-9/h4-6,8,12H,3H2,1-2H3,(H,18,19)/t8-,12+/m1/s1. The topological polar surface area (TPSA) is 79.2 Å². The fourth-order valence-corrected chi connectivity index (χ4v) is 1.69. The molecule has 0 spiro atoms. The van der Waals surface area contributed by atoms with Crippen molar-refractivity contribution in [3.63, 3.8) is 0 Å². The number of rotatable bonds is 5. The van der Waals surface area contributed by atoms with Gasteiger partial charge in [-0.05, 0) is 25.5 Å². The van der Waals surface area contributed by atoms with Gasteiger partial charge in [0, 0.05) is 17.5 Å². The second-order valence-corrected chi connectivity index (χ2v) is 4.47. The first-order chi connectivity index (χ1) is 9.87. The van der Waals surface area contributed by atoms with Crippen molar-refractivity contribution in [1.29, 1.82) is 5.26 Å². The van der Waals surface area contributed by atoms with Crippen LogP contribution in [0.3, 0.4) is 0 Å². The molecule has 2 atom stereocenters. The van der Waals surface area contributed by atoms with Crippen molar-refractivity contribution < 1.29 is 23.1 Å². The highest BCUT2D eigenvalue weighted by atomic mass is 19.1. The molecule has 0 heterocycles. The largest absolute Gasteiger partial charge is 0.467 e. The van der Waals surface area contributed by atoms with Gasteiger partial charge in [-0.25, -0.2) is 13.6 Å². The number of nitrogens with zero attached hydrogens (tertiary/aromatic N) is 1. The molecule has 0 aromatic heterocycles. The molecule has 0 fully saturated rings. The van der Waals surface area contributed by atoms with Crippen LogP contribution in [0.15, 0.2) is 18.2 Å². The van der Waals surface area contributed by atoms with Crippen LogP contribution in [0.5, 0.6) is 0 Å². The molecule has 1 aromatic carbocycles. The lowest BCUT2D eigenvalue weighted by Crippen LogP contribution is -2.42. The molecule has 1 amide bonds. The van der Waals surface area contributed by atoms with Gasteiger partial charge in [-0.3, -0.25) is 4.79 Å². The number of carbonyl (C=O) groups is 2. The molecule has 0 saturated heterocycles. The Labute approximate surface area is 120 Å². The number of ether oxygens (including phenoxy) is 1. The van der Waals surface area contributed by atoms with E-state index >= 15 is 0 Å². The van der Waals surface area contributed by atoms with Crippen LogP contribution in [0.1, 0.15) is 23.7 Å². The smallest absolute Gasteiger partial charge is 0.328 e. The third-order valence-corrected chi connectivity index (χ3v) is 2.73. The first-order valence-corrected chi connectivity index (χ1v) is 6.11. The molecule has 112 valence electrons. The predicted octanol–water partition coefficient (Wildman–Crippen LogP) is 1.79. The number of esters is 1. The van der Waals surface area contributed by atoms with Crippen LogP contribution in [0.25, 0.3) is 0 Å². The Balaban J connectivity index is 2.89. The average Bonchev–Trinajstić information content (AvgIpc) is 2.44. The van der Waals surface area contributed by atoms with Crippen LogP contribution < -0.4 is 5.32 Å². The van der Waals surface area contributed by atoms with Crippen molar-refractivity contribution in [3.8, 4) is 6.07 Å². The lowest BCUT2D eigenvalue weighted by molar-refractivity contribution is -0.143. The lowest BCUT2D eigenvalue weighted by atomic mass is 10.0. The molecule has 1 rings (SSSR count). The fraction of sp³-hybridized carbons (Fsp3) is 0.357. The average molecular weight is 296 g/mol. The van der Waals surface area contributed by atoms with Gasteiger partial charge in [0.05, 0.1) is 13.2 Å². The van der Waals surface area contributed by atoms with Crippen molar-refractivity contribution in [2.75, 3.05) is 7.11 Å². The minimum atomic E-state index is -1.07. The summed E-state index contributed by atoms with van der Waals surface area (Å²) in [6, 6.07) is 3.19. The molecule has 1 aromatic rings. The monoisotopic (exact) mass is 296 g/mol. The number of nitriles is 1. The molecule has 5 nitrogen and oxygen atoms in total. The highest BCUT2D eigenvalue weighted by Gasteiger charge is 2.24. The molecule has 0 aliphatic heterocycles. The molecule has 21 heavy (non-hydrogen) atoms. The number of benzene rings is 1. The van der Waals surface area contributed by atoms with Crippen LogP contribution >= 0.6 is 0 Å². The Kier molecular flexibility index (Phi) is 5.79. The molecule has 0 saturated carbocycles. The maximum Gasteiger partial charge on any atom is 0.328 e. The summed E-state index contributed by atoms with van der Waals surface area (Å²) >= 11 is 0. The zero-order valence-electron chi connectivity index (χ0n) is 11.5. The van der Waals surface area contributed by atoms with Crippen LogP contribution in [-0.4, -0.2) is 25.0 Å². The van der Waals surface area contributed by atoms with E-state index in [-0.39, 0.29) is 12.0 Å². The Morgan fingerprint density at radius 3 is 2.38 bits per heavy atom. The maximum absolute atomic E-state index is 13.1. The third kappa shape index (κ3) is 4.84. The van der Waals surface area contributed by atoms with E-state index in [1.165, 1.54) is 0 Å². The number of hydrogen-bond donors (Lipinski definition) is 1. The summed E-state index contributed by atoms with van der Waals surface area (Å²) in [5, 5.41) is 11.1. The number of methoxy groups -OCH3 is 1. The van der Waals surface area contributed by atoms with Gasteiger partial charge in [0.15, 0.2) is 0 Å². The van der Waals surface area contributed by atoms with Crippen molar-refractivity contribution >= 4 is 11.9 Å². The van der Waals surface area contributed by atoms with E-state index < -0.39 is 35.5 Å². The highest BCUT2D eigenvalue weighted by molar-refractivity contribution is 5.96. The first-order valence-electron chi connectivity index (χ1n) is 6.11. The summed E-state index contributed by atoms with van der Waals surface area (Å²) < 4.78 is 30.7. The molecular formula is C14H14F2N2O3. The van der Waals surface area contributed by atoms with Crippen molar-refractivity contribution in [1.82, 2.24) is 5.32 Å². The highest BCUT2D eigenvalue weighted by Crippen LogP contribution is 2.11. The van der Waals surface area contributed by atoms with Gasteiger partial charge < -0.3 is 10.1 Å². The fourth-order valence-electron chi connectivity index (χ4n) is 1.69. The van der Waals surface area contributed by atoms with E-state index in [1.807, 2.05) is 6.07 Å². The van der Waals surface area contributed by atoms with Crippen LogP contribution in [0.4, 0.5) is 8.78 Å². The van der Waals surface area contributed by atoms with Crippen molar-refractivity contribution in [2.24, 2.45) is 5.92 Å². The summed E-state index contributed by atoms with van der Waals surface area (Å²) in [6.45, 7) is 1.57. The second-order valence-electron chi connectivity index (χ2n) is 4.47. The molecule has 0 aliphatic rings. The number of halogens is 2. The predicted molar refractivity (Wildman–Crippen MR) is 69.0 cm³/mol. The first kappa shape index (κ1) is 16.6. The molecule has 7 heteroatoms. The molecule has 0 bridgehead atoms. The minimum Gasteiger partial charge on any atom is -0.467 e. The number of amides is 1. The summed E-state index contributed by atoms with van der Waals surface area (Å²) in [5.74, 6) is -3.87. The van der Waals surface area contributed by atoms with Gasteiger partial charge in [0.25, 0.3) is 5.91 Å². The zero-order valence-corrected chi connectivity index (χ0v) is 11.5. The zero-order chi connectivity index (χ0) is 16.0. The molecule has 0 unspecified atom stereocenters. The minimum absolute atomic E-state index is 0.0344. The Morgan fingerprint density at radius 2 is 1.90 bits per heavy atom. The second kappa shape index (κ2) is 7.33.